The summed E-state index contributed by atoms with van der Waals surface area (Å²) in [5.74, 6) is 1.11. The van der Waals surface area contributed by atoms with Crippen LogP contribution in [0.3, 0.4) is 0 Å². The number of halogens is 1. The zero-order chi connectivity index (χ0) is 16.5. The Bertz CT molecular complexity index is 592. The van der Waals surface area contributed by atoms with E-state index in [-0.39, 0.29) is 5.91 Å². The van der Waals surface area contributed by atoms with E-state index in [1.54, 1.807) is 0 Å². The van der Waals surface area contributed by atoms with Crippen molar-refractivity contribution in [3.8, 4) is 0 Å². The smallest absolute Gasteiger partial charge is 0.227 e. The van der Waals surface area contributed by atoms with Crippen LogP contribution in [-0.2, 0) is 11.2 Å². The molecule has 4 saturated heterocycles. The van der Waals surface area contributed by atoms with Crippen molar-refractivity contribution in [3.63, 3.8) is 0 Å². The first kappa shape index (κ1) is 16.4. The van der Waals surface area contributed by atoms with E-state index in [0.29, 0.717) is 11.4 Å². The summed E-state index contributed by atoms with van der Waals surface area (Å²) in [7, 11) is 0. The van der Waals surface area contributed by atoms with E-state index in [9.17, 15) is 4.79 Å². The van der Waals surface area contributed by atoms with Crippen LogP contribution in [0.2, 0.25) is 5.02 Å². The highest BCUT2D eigenvalue weighted by molar-refractivity contribution is 6.30. The number of benzene rings is 1. The Hall–Kier alpha value is -1.10. The van der Waals surface area contributed by atoms with E-state index in [1.807, 2.05) is 29.2 Å². The summed E-state index contributed by atoms with van der Waals surface area (Å²) in [5.41, 5.74) is 1.01. The van der Waals surface area contributed by atoms with Gasteiger partial charge in [-0.3, -0.25) is 9.69 Å². The monoisotopic (exact) mass is 347 g/mol. The first-order valence-electron chi connectivity index (χ1n) is 9.18. The van der Waals surface area contributed by atoms with Gasteiger partial charge in [-0.05, 0) is 49.5 Å². The molecule has 4 aliphatic heterocycles. The Morgan fingerprint density at radius 3 is 2.46 bits per heavy atom. The third-order valence-electron chi connectivity index (χ3n) is 6.00. The second-order valence-electron chi connectivity index (χ2n) is 7.43. The number of hydrogen-bond donors (Lipinski definition) is 0. The molecule has 4 nitrogen and oxygen atoms in total. The fourth-order valence-corrected chi connectivity index (χ4v) is 4.80. The fourth-order valence-electron chi connectivity index (χ4n) is 4.58. The van der Waals surface area contributed by atoms with E-state index in [4.69, 9.17) is 11.6 Å². The molecule has 0 aromatic heterocycles. The Labute approximate surface area is 149 Å². The summed E-state index contributed by atoms with van der Waals surface area (Å²) in [6, 6.07) is 8.35. The van der Waals surface area contributed by atoms with Crippen LogP contribution in [0.15, 0.2) is 24.3 Å². The van der Waals surface area contributed by atoms with Crippen LogP contribution in [0, 0.1) is 5.92 Å². The van der Waals surface area contributed by atoms with Gasteiger partial charge in [-0.1, -0.05) is 23.7 Å². The van der Waals surface area contributed by atoms with E-state index in [1.165, 1.54) is 32.5 Å². The highest BCUT2D eigenvalue weighted by Crippen LogP contribution is 2.31. The molecule has 24 heavy (non-hydrogen) atoms. The van der Waals surface area contributed by atoms with Gasteiger partial charge in [0.15, 0.2) is 0 Å². The Balaban J connectivity index is 1.30. The summed E-state index contributed by atoms with van der Waals surface area (Å²) in [6.45, 7) is 7.59. The van der Waals surface area contributed by atoms with Gasteiger partial charge in [0.2, 0.25) is 5.91 Å². The summed E-state index contributed by atoms with van der Waals surface area (Å²) in [6.07, 6.45) is 3.18. The lowest BCUT2D eigenvalue weighted by molar-refractivity contribution is -0.133. The molecule has 0 spiro atoms. The van der Waals surface area contributed by atoms with Crippen LogP contribution < -0.4 is 0 Å². The van der Waals surface area contributed by atoms with Gasteiger partial charge in [-0.15, -0.1) is 0 Å². The maximum Gasteiger partial charge on any atom is 0.227 e. The summed E-state index contributed by atoms with van der Waals surface area (Å²) >= 11 is 6.01. The summed E-state index contributed by atoms with van der Waals surface area (Å²) in [4.78, 5) is 19.8. The standard InChI is InChI=1S/C19H26ClN3O/c20-17-3-1-2-15(12-17)13-19(24)23-10-8-22(9-11-23)18-14-21-6-4-16(18)5-7-21/h1-3,12,16,18H,4-11,13-14H2. The third-order valence-corrected chi connectivity index (χ3v) is 6.24. The molecular formula is C19H26ClN3O. The van der Waals surface area contributed by atoms with Crippen LogP contribution in [0.25, 0.3) is 0 Å². The Morgan fingerprint density at radius 1 is 1.08 bits per heavy atom. The van der Waals surface area contributed by atoms with E-state index in [0.717, 1.165) is 43.7 Å². The Morgan fingerprint density at radius 2 is 1.83 bits per heavy atom. The molecule has 1 unspecified atom stereocenters. The fraction of sp³-hybridized carbons (Fsp3) is 0.632. The normalized spacial score (nSPS) is 30.5. The molecule has 4 fully saturated rings. The van der Waals surface area contributed by atoms with Gasteiger partial charge in [0, 0.05) is 43.8 Å². The third kappa shape index (κ3) is 3.46. The topological polar surface area (TPSA) is 26.8 Å². The number of piperidine rings is 3. The lowest BCUT2D eigenvalue weighted by atomic mass is 9.83. The molecule has 0 saturated carbocycles. The zero-order valence-electron chi connectivity index (χ0n) is 14.2. The maximum absolute atomic E-state index is 12.5. The molecule has 2 bridgehead atoms. The highest BCUT2D eigenvalue weighted by Gasteiger charge is 2.38. The van der Waals surface area contributed by atoms with E-state index >= 15 is 0 Å². The van der Waals surface area contributed by atoms with Gasteiger partial charge in [0.1, 0.15) is 0 Å². The number of carbonyl (C=O) groups is 1. The number of fused-ring (bicyclic) bond motifs is 3. The van der Waals surface area contributed by atoms with E-state index in [2.05, 4.69) is 9.80 Å². The van der Waals surface area contributed by atoms with Crippen molar-refractivity contribution in [1.82, 2.24) is 14.7 Å². The molecular weight excluding hydrogens is 322 g/mol. The number of rotatable bonds is 3. The van der Waals surface area contributed by atoms with Crippen molar-refractivity contribution < 1.29 is 4.79 Å². The Kier molecular flexibility index (Phi) is 4.79. The minimum Gasteiger partial charge on any atom is -0.340 e. The molecule has 0 aliphatic carbocycles. The van der Waals surface area contributed by atoms with Crippen LogP contribution >= 0.6 is 11.6 Å². The molecule has 0 N–H and O–H groups in total. The van der Waals surface area contributed by atoms with Gasteiger partial charge in [0.05, 0.1) is 6.42 Å². The molecule has 0 radical (unpaired) electrons. The summed E-state index contributed by atoms with van der Waals surface area (Å²) < 4.78 is 0. The molecule has 1 atom stereocenters. The van der Waals surface area contributed by atoms with Crippen LogP contribution in [-0.4, -0.2) is 72.5 Å². The number of piperazine rings is 1. The minimum atomic E-state index is 0.228. The molecule has 1 aromatic carbocycles. The van der Waals surface area contributed by atoms with Crippen molar-refractivity contribution in [1.29, 1.82) is 0 Å². The number of nitrogens with zero attached hydrogens (tertiary/aromatic N) is 3. The molecule has 1 amide bonds. The van der Waals surface area contributed by atoms with Gasteiger partial charge < -0.3 is 9.80 Å². The van der Waals surface area contributed by atoms with Crippen molar-refractivity contribution in [2.45, 2.75) is 25.3 Å². The molecule has 5 heteroatoms. The van der Waals surface area contributed by atoms with Crippen LogP contribution in [0.5, 0.6) is 0 Å². The molecule has 5 rings (SSSR count). The van der Waals surface area contributed by atoms with Gasteiger partial charge in [-0.2, -0.15) is 0 Å². The van der Waals surface area contributed by atoms with Gasteiger partial charge in [0.25, 0.3) is 0 Å². The second-order valence-corrected chi connectivity index (χ2v) is 7.87. The average Bonchev–Trinajstić information content (AvgIpc) is 2.63. The number of carbonyl (C=O) groups excluding carboxylic acids is 1. The molecule has 130 valence electrons. The van der Waals surface area contributed by atoms with Crippen LogP contribution in [0.1, 0.15) is 18.4 Å². The van der Waals surface area contributed by atoms with Crippen LogP contribution in [0.4, 0.5) is 0 Å². The maximum atomic E-state index is 12.5. The molecule has 4 aliphatic rings. The van der Waals surface area contributed by atoms with Gasteiger partial charge >= 0.3 is 0 Å². The first-order chi connectivity index (χ1) is 11.7. The average molecular weight is 348 g/mol. The first-order valence-corrected chi connectivity index (χ1v) is 9.55. The lowest BCUT2D eigenvalue weighted by Crippen LogP contribution is -2.61. The number of hydrogen-bond acceptors (Lipinski definition) is 3. The second kappa shape index (κ2) is 7.03. The van der Waals surface area contributed by atoms with Crippen molar-refractivity contribution in [3.05, 3.63) is 34.9 Å². The molecule has 4 heterocycles. The predicted molar refractivity (Wildman–Crippen MR) is 96.3 cm³/mol. The quantitative estimate of drug-likeness (QED) is 0.838. The van der Waals surface area contributed by atoms with E-state index < -0.39 is 0 Å². The highest BCUT2D eigenvalue weighted by atomic mass is 35.5. The zero-order valence-corrected chi connectivity index (χ0v) is 14.9. The summed E-state index contributed by atoms with van der Waals surface area (Å²) in [5, 5.41) is 0.701. The number of amides is 1. The SMILES string of the molecule is O=C(Cc1cccc(Cl)c1)N1CCN(C2CN3CCC2CC3)CC1. The van der Waals surface area contributed by atoms with Crippen molar-refractivity contribution in [2.24, 2.45) is 5.92 Å². The molecule has 1 aromatic rings. The predicted octanol–water partition coefficient (Wildman–Crippen LogP) is 2.12. The minimum absolute atomic E-state index is 0.228. The lowest BCUT2D eigenvalue weighted by Gasteiger charge is -2.51. The van der Waals surface area contributed by atoms with Gasteiger partial charge in [-0.25, -0.2) is 0 Å². The van der Waals surface area contributed by atoms with Crippen molar-refractivity contribution in [2.75, 3.05) is 45.8 Å². The van der Waals surface area contributed by atoms with Crippen molar-refractivity contribution >= 4 is 17.5 Å². The largest absolute Gasteiger partial charge is 0.340 e.